The van der Waals surface area contributed by atoms with E-state index in [4.69, 9.17) is 9.47 Å². The molecule has 1 unspecified atom stereocenters. The third-order valence-corrected chi connectivity index (χ3v) is 3.83. The van der Waals surface area contributed by atoms with E-state index in [-0.39, 0.29) is 6.10 Å². The largest absolute Gasteiger partial charge is 0.489 e. The zero-order chi connectivity index (χ0) is 18.4. The molecule has 3 rings (SSSR count). The summed E-state index contributed by atoms with van der Waals surface area (Å²) in [6.45, 7) is 6.48. The molecule has 1 atom stereocenters. The van der Waals surface area contributed by atoms with Gasteiger partial charge in [0.15, 0.2) is 5.82 Å². The molecule has 0 spiro atoms. The lowest BCUT2D eigenvalue weighted by atomic mass is 10.2. The number of aryl methyl sites for hydroxylation is 2. The van der Waals surface area contributed by atoms with Crippen LogP contribution in [0.4, 0.5) is 16.3 Å². The molecule has 8 heteroatoms. The van der Waals surface area contributed by atoms with Gasteiger partial charge in [-0.15, -0.1) is 0 Å². The molecule has 2 amide bonds. The smallest absolute Gasteiger partial charge is 0.324 e. The van der Waals surface area contributed by atoms with E-state index in [0.717, 1.165) is 24.3 Å². The molecule has 0 saturated carbocycles. The Morgan fingerprint density at radius 3 is 2.92 bits per heavy atom. The standard InChI is InChI=1S/C18H23N5O3/c1-12-3-4-16(26-11-14-9-19-5-6-25-14)15(7-12)22-18(24)23-17-10-20-13(2)8-21-17/h3-4,7-8,10,14,19H,5-6,9,11H2,1-2H3,(H2,21,22,23,24). The number of hydrogen-bond donors (Lipinski definition) is 3. The molecule has 8 nitrogen and oxygen atoms in total. The van der Waals surface area contributed by atoms with Gasteiger partial charge in [0.2, 0.25) is 0 Å². The van der Waals surface area contributed by atoms with Gasteiger partial charge in [-0.1, -0.05) is 6.07 Å². The fraction of sp³-hybridized carbons (Fsp3) is 0.389. The highest BCUT2D eigenvalue weighted by Gasteiger charge is 2.16. The number of benzene rings is 1. The van der Waals surface area contributed by atoms with Crippen molar-refractivity contribution < 1.29 is 14.3 Å². The van der Waals surface area contributed by atoms with Crippen molar-refractivity contribution in [2.45, 2.75) is 20.0 Å². The van der Waals surface area contributed by atoms with E-state index in [1.807, 2.05) is 32.0 Å². The number of rotatable bonds is 5. The van der Waals surface area contributed by atoms with Crippen LogP contribution in [-0.4, -0.2) is 48.4 Å². The normalized spacial score (nSPS) is 16.8. The molecule has 0 aliphatic carbocycles. The minimum absolute atomic E-state index is 0.00503. The van der Waals surface area contributed by atoms with Crippen LogP contribution in [0.15, 0.2) is 30.6 Å². The Labute approximate surface area is 152 Å². The molecular weight excluding hydrogens is 334 g/mol. The maximum absolute atomic E-state index is 12.3. The van der Waals surface area contributed by atoms with E-state index in [9.17, 15) is 4.79 Å². The van der Waals surface area contributed by atoms with E-state index in [1.165, 1.54) is 6.20 Å². The van der Waals surface area contributed by atoms with E-state index < -0.39 is 6.03 Å². The summed E-state index contributed by atoms with van der Waals surface area (Å²) in [5.74, 6) is 0.972. The fourth-order valence-electron chi connectivity index (χ4n) is 2.50. The van der Waals surface area contributed by atoms with Crippen LogP contribution < -0.4 is 20.7 Å². The monoisotopic (exact) mass is 357 g/mol. The third-order valence-electron chi connectivity index (χ3n) is 3.83. The Bertz CT molecular complexity index is 745. The summed E-state index contributed by atoms with van der Waals surface area (Å²) in [6, 6.07) is 5.22. The second-order valence-corrected chi connectivity index (χ2v) is 6.13. The molecule has 26 heavy (non-hydrogen) atoms. The second kappa shape index (κ2) is 8.59. The minimum atomic E-state index is -0.408. The van der Waals surface area contributed by atoms with E-state index in [0.29, 0.717) is 30.5 Å². The zero-order valence-corrected chi connectivity index (χ0v) is 14.9. The SMILES string of the molecule is Cc1ccc(OCC2CNCCO2)c(NC(=O)Nc2cnc(C)cn2)c1. The number of carbonyl (C=O) groups is 1. The van der Waals surface area contributed by atoms with Gasteiger partial charge in [-0.05, 0) is 31.5 Å². The van der Waals surface area contributed by atoms with Crippen LogP contribution in [0.5, 0.6) is 5.75 Å². The summed E-state index contributed by atoms with van der Waals surface area (Å²) in [5, 5.41) is 8.72. The van der Waals surface area contributed by atoms with E-state index in [2.05, 4.69) is 25.9 Å². The number of nitrogens with one attached hydrogen (secondary N) is 3. The zero-order valence-electron chi connectivity index (χ0n) is 14.9. The highest BCUT2D eigenvalue weighted by Crippen LogP contribution is 2.26. The van der Waals surface area contributed by atoms with Gasteiger partial charge >= 0.3 is 6.03 Å². The number of urea groups is 1. The molecule has 1 aromatic heterocycles. The summed E-state index contributed by atoms with van der Waals surface area (Å²) in [6.07, 6.45) is 3.10. The summed E-state index contributed by atoms with van der Waals surface area (Å²) < 4.78 is 11.5. The van der Waals surface area contributed by atoms with Crippen LogP contribution in [0.2, 0.25) is 0 Å². The highest BCUT2D eigenvalue weighted by atomic mass is 16.5. The van der Waals surface area contributed by atoms with Gasteiger partial charge in [-0.2, -0.15) is 0 Å². The lowest BCUT2D eigenvalue weighted by Crippen LogP contribution is -2.41. The quantitative estimate of drug-likeness (QED) is 0.758. The fourth-order valence-corrected chi connectivity index (χ4v) is 2.50. The molecule has 1 aromatic carbocycles. The third kappa shape index (κ3) is 5.14. The lowest BCUT2D eigenvalue weighted by molar-refractivity contribution is 0.000350. The van der Waals surface area contributed by atoms with Gasteiger partial charge in [0.1, 0.15) is 18.5 Å². The van der Waals surface area contributed by atoms with Gasteiger partial charge < -0.3 is 20.1 Å². The summed E-state index contributed by atoms with van der Waals surface area (Å²) in [5.41, 5.74) is 2.38. The van der Waals surface area contributed by atoms with Crippen molar-refractivity contribution in [1.29, 1.82) is 0 Å². The average Bonchev–Trinajstić information content (AvgIpc) is 2.64. The Kier molecular flexibility index (Phi) is 5.98. The Morgan fingerprint density at radius 2 is 2.19 bits per heavy atom. The Balaban J connectivity index is 1.62. The molecule has 3 N–H and O–H groups in total. The first kappa shape index (κ1) is 18.1. The van der Waals surface area contributed by atoms with Crippen molar-refractivity contribution in [3.63, 3.8) is 0 Å². The number of hydrogen-bond acceptors (Lipinski definition) is 6. The van der Waals surface area contributed by atoms with Gasteiger partial charge in [0.05, 0.1) is 30.4 Å². The molecule has 0 bridgehead atoms. The van der Waals surface area contributed by atoms with Crippen molar-refractivity contribution in [1.82, 2.24) is 15.3 Å². The molecule has 1 aliphatic rings. The molecule has 1 aliphatic heterocycles. The van der Waals surface area contributed by atoms with E-state index in [1.54, 1.807) is 6.20 Å². The average molecular weight is 357 g/mol. The van der Waals surface area contributed by atoms with Gasteiger partial charge in [0.25, 0.3) is 0 Å². The summed E-state index contributed by atoms with van der Waals surface area (Å²) in [4.78, 5) is 20.5. The highest BCUT2D eigenvalue weighted by molar-refractivity contribution is 6.00. The van der Waals surface area contributed by atoms with Crippen molar-refractivity contribution in [2.75, 3.05) is 36.9 Å². The number of anilines is 2. The first-order chi connectivity index (χ1) is 12.6. The Hall–Kier alpha value is -2.71. The molecule has 138 valence electrons. The van der Waals surface area contributed by atoms with Gasteiger partial charge in [-0.3, -0.25) is 10.3 Å². The predicted molar refractivity (Wildman–Crippen MR) is 98.7 cm³/mol. The lowest BCUT2D eigenvalue weighted by Gasteiger charge is -2.24. The molecular formula is C18H23N5O3. The number of amides is 2. The Morgan fingerprint density at radius 1 is 1.31 bits per heavy atom. The maximum Gasteiger partial charge on any atom is 0.324 e. The van der Waals surface area contributed by atoms with Crippen molar-refractivity contribution in [3.05, 3.63) is 41.9 Å². The molecule has 0 radical (unpaired) electrons. The number of carbonyl (C=O) groups excluding carboxylic acids is 1. The maximum atomic E-state index is 12.3. The number of aromatic nitrogens is 2. The van der Waals surface area contributed by atoms with Crippen LogP contribution in [0.3, 0.4) is 0 Å². The van der Waals surface area contributed by atoms with Crippen molar-refractivity contribution >= 4 is 17.5 Å². The molecule has 1 saturated heterocycles. The predicted octanol–water partition coefficient (Wildman–Crippen LogP) is 2.10. The molecule has 2 heterocycles. The molecule has 2 aromatic rings. The van der Waals surface area contributed by atoms with Gasteiger partial charge in [-0.25, -0.2) is 9.78 Å². The van der Waals surface area contributed by atoms with Crippen LogP contribution in [-0.2, 0) is 4.74 Å². The van der Waals surface area contributed by atoms with Crippen LogP contribution >= 0.6 is 0 Å². The number of morpholine rings is 1. The van der Waals surface area contributed by atoms with Gasteiger partial charge in [0, 0.05) is 13.1 Å². The minimum Gasteiger partial charge on any atom is -0.489 e. The number of nitrogens with zero attached hydrogens (tertiary/aromatic N) is 2. The topological polar surface area (TPSA) is 97.4 Å². The van der Waals surface area contributed by atoms with Crippen molar-refractivity contribution in [2.24, 2.45) is 0 Å². The first-order valence-electron chi connectivity index (χ1n) is 8.52. The second-order valence-electron chi connectivity index (χ2n) is 6.13. The van der Waals surface area contributed by atoms with Crippen LogP contribution in [0, 0.1) is 13.8 Å². The van der Waals surface area contributed by atoms with Crippen LogP contribution in [0.25, 0.3) is 0 Å². The van der Waals surface area contributed by atoms with Crippen LogP contribution in [0.1, 0.15) is 11.3 Å². The van der Waals surface area contributed by atoms with Crippen molar-refractivity contribution in [3.8, 4) is 5.75 Å². The summed E-state index contributed by atoms with van der Waals surface area (Å²) in [7, 11) is 0. The number of ether oxygens (including phenoxy) is 2. The summed E-state index contributed by atoms with van der Waals surface area (Å²) >= 11 is 0. The first-order valence-corrected chi connectivity index (χ1v) is 8.52. The molecule has 1 fully saturated rings. The van der Waals surface area contributed by atoms with E-state index >= 15 is 0 Å².